The van der Waals surface area contributed by atoms with Gasteiger partial charge in [-0.1, -0.05) is 42.5 Å². The SMILES string of the molecule is Nc1cccc(/C=C/C(=O)N2C(=O)OC[C@H]2c2ccccc2)c1. The Morgan fingerprint density at radius 3 is 2.70 bits per heavy atom. The summed E-state index contributed by atoms with van der Waals surface area (Å²) in [5.41, 5.74) is 7.98. The number of imide groups is 1. The number of benzene rings is 2. The average molecular weight is 308 g/mol. The fraction of sp³-hybridized carbons (Fsp3) is 0.111. The summed E-state index contributed by atoms with van der Waals surface area (Å²) in [5, 5.41) is 0. The smallest absolute Gasteiger partial charge is 0.417 e. The molecular formula is C18H16N2O3. The molecule has 0 aliphatic carbocycles. The third-order valence-electron chi connectivity index (χ3n) is 3.62. The molecule has 1 heterocycles. The van der Waals surface area contributed by atoms with Gasteiger partial charge in [0.1, 0.15) is 12.6 Å². The van der Waals surface area contributed by atoms with E-state index in [-0.39, 0.29) is 6.61 Å². The molecule has 1 aliphatic rings. The topological polar surface area (TPSA) is 72.6 Å². The van der Waals surface area contributed by atoms with Crippen molar-refractivity contribution in [3.05, 3.63) is 71.8 Å². The first kappa shape index (κ1) is 14.8. The molecule has 23 heavy (non-hydrogen) atoms. The molecule has 1 aliphatic heterocycles. The summed E-state index contributed by atoms with van der Waals surface area (Å²) in [7, 11) is 0. The van der Waals surface area contributed by atoms with Gasteiger partial charge in [0, 0.05) is 11.8 Å². The van der Waals surface area contributed by atoms with Crippen LogP contribution in [0.2, 0.25) is 0 Å². The molecule has 0 radical (unpaired) electrons. The lowest BCUT2D eigenvalue weighted by molar-refractivity contribution is -0.124. The number of ether oxygens (including phenoxy) is 1. The van der Waals surface area contributed by atoms with E-state index in [0.29, 0.717) is 5.69 Å². The quantitative estimate of drug-likeness (QED) is 0.699. The largest absolute Gasteiger partial charge is 0.446 e. The number of anilines is 1. The Labute approximate surface area is 134 Å². The second kappa shape index (κ2) is 6.36. The van der Waals surface area contributed by atoms with E-state index < -0.39 is 18.0 Å². The molecule has 5 nitrogen and oxygen atoms in total. The van der Waals surface area contributed by atoms with E-state index in [1.54, 1.807) is 24.3 Å². The average Bonchev–Trinajstić information content (AvgIpc) is 2.95. The van der Waals surface area contributed by atoms with Gasteiger partial charge in [0.05, 0.1) is 0 Å². The third kappa shape index (κ3) is 3.23. The summed E-state index contributed by atoms with van der Waals surface area (Å²) in [6.45, 7) is 0.167. The van der Waals surface area contributed by atoms with Gasteiger partial charge in [-0.25, -0.2) is 9.69 Å². The number of rotatable bonds is 3. The van der Waals surface area contributed by atoms with Crippen LogP contribution in [-0.4, -0.2) is 23.5 Å². The van der Waals surface area contributed by atoms with Crippen molar-refractivity contribution in [3.8, 4) is 0 Å². The molecule has 1 fully saturated rings. The van der Waals surface area contributed by atoms with Gasteiger partial charge in [-0.2, -0.15) is 0 Å². The van der Waals surface area contributed by atoms with Gasteiger partial charge in [-0.15, -0.1) is 0 Å². The molecule has 0 saturated carbocycles. The van der Waals surface area contributed by atoms with Crippen LogP contribution in [0, 0.1) is 0 Å². The molecule has 0 spiro atoms. The summed E-state index contributed by atoms with van der Waals surface area (Å²) >= 11 is 0. The molecule has 0 bridgehead atoms. The van der Waals surface area contributed by atoms with Crippen molar-refractivity contribution in [3.63, 3.8) is 0 Å². The Bertz CT molecular complexity index is 756. The van der Waals surface area contributed by atoms with Crippen molar-refractivity contribution >= 4 is 23.8 Å². The van der Waals surface area contributed by atoms with Crippen LogP contribution in [0.25, 0.3) is 6.08 Å². The highest BCUT2D eigenvalue weighted by Gasteiger charge is 2.37. The van der Waals surface area contributed by atoms with E-state index in [1.807, 2.05) is 36.4 Å². The minimum atomic E-state index is -0.624. The zero-order chi connectivity index (χ0) is 16.2. The van der Waals surface area contributed by atoms with Crippen LogP contribution in [0.1, 0.15) is 17.2 Å². The van der Waals surface area contributed by atoms with Crippen LogP contribution in [0.4, 0.5) is 10.5 Å². The van der Waals surface area contributed by atoms with E-state index in [4.69, 9.17) is 10.5 Å². The summed E-state index contributed by atoms with van der Waals surface area (Å²) in [6.07, 6.45) is 2.37. The van der Waals surface area contributed by atoms with Gasteiger partial charge in [0.2, 0.25) is 0 Å². The van der Waals surface area contributed by atoms with Crippen molar-refractivity contribution in [2.45, 2.75) is 6.04 Å². The van der Waals surface area contributed by atoms with E-state index in [0.717, 1.165) is 16.0 Å². The molecule has 2 N–H and O–H groups in total. The Morgan fingerprint density at radius 1 is 1.17 bits per heavy atom. The van der Waals surface area contributed by atoms with Crippen LogP contribution >= 0.6 is 0 Å². The number of hydrogen-bond acceptors (Lipinski definition) is 4. The minimum absolute atomic E-state index is 0.167. The summed E-state index contributed by atoms with van der Waals surface area (Å²) in [4.78, 5) is 25.4. The number of cyclic esters (lactones) is 1. The first-order valence-corrected chi connectivity index (χ1v) is 7.23. The predicted octanol–water partition coefficient (Wildman–Crippen LogP) is 3.00. The van der Waals surface area contributed by atoms with Gasteiger partial charge < -0.3 is 10.5 Å². The predicted molar refractivity (Wildman–Crippen MR) is 87.3 cm³/mol. The molecule has 116 valence electrons. The lowest BCUT2D eigenvalue weighted by Crippen LogP contribution is -2.32. The van der Waals surface area contributed by atoms with Crippen LogP contribution in [0.5, 0.6) is 0 Å². The second-order valence-electron chi connectivity index (χ2n) is 5.22. The molecule has 0 aromatic heterocycles. The minimum Gasteiger partial charge on any atom is -0.446 e. The zero-order valence-electron chi connectivity index (χ0n) is 12.4. The number of nitrogens with two attached hydrogens (primary N) is 1. The maximum atomic E-state index is 12.4. The third-order valence-corrected chi connectivity index (χ3v) is 3.62. The standard InChI is InChI=1S/C18H16N2O3/c19-15-8-4-5-13(11-15)9-10-17(21)20-16(12-23-18(20)22)14-6-2-1-3-7-14/h1-11,16H,12,19H2/b10-9+/t16-/m0/s1. The van der Waals surface area contributed by atoms with Crippen LogP contribution in [0.3, 0.4) is 0 Å². The summed E-state index contributed by atoms with van der Waals surface area (Å²) in [5.74, 6) is -0.413. The molecule has 2 aromatic rings. The summed E-state index contributed by atoms with van der Waals surface area (Å²) in [6, 6.07) is 16.1. The van der Waals surface area contributed by atoms with Crippen molar-refractivity contribution < 1.29 is 14.3 Å². The number of nitrogens with zero attached hydrogens (tertiary/aromatic N) is 1. The van der Waals surface area contributed by atoms with E-state index in [1.165, 1.54) is 6.08 Å². The second-order valence-corrected chi connectivity index (χ2v) is 5.22. The van der Waals surface area contributed by atoms with E-state index in [9.17, 15) is 9.59 Å². The molecule has 5 heteroatoms. The number of amides is 2. The molecular weight excluding hydrogens is 292 g/mol. The molecule has 1 saturated heterocycles. The van der Waals surface area contributed by atoms with Gasteiger partial charge in [-0.3, -0.25) is 4.79 Å². The summed E-state index contributed by atoms with van der Waals surface area (Å²) < 4.78 is 5.04. The van der Waals surface area contributed by atoms with Gasteiger partial charge >= 0.3 is 6.09 Å². The van der Waals surface area contributed by atoms with Crippen molar-refractivity contribution in [2.75, 3.05) is 12.3 Å². The monoisotopic (exact) mass is 308 g/mol. The molecule has 2 amide bonds. The van der Waals surface area contributed by atoms with Crippen LogP contribution in [0.15, 0.2) is 60.7 Å². The number of nitrogen functional groups attached to an aromatic ring is 1. The van der Waals surface area contributed by atoms with Crippen LogP contribution in [-0.2, 0) is 9.53 Å². The van der Waals surface area contributed by atoms with Gasteiger partial charge in [-0.05, 0) is 29.3 Å². The number of carbonyl (C=O) groups is 2. The molecule has 1 atom stereocenters. The zero-order valence-corrected chi connectivity index (χ0v) is 12.4. The van der Waals surface area contributed by atoms with Gasteiger partial charge in [0.15, 0.2) is 0 Å². The highest BCUT2D eigenvalue weighted by Crippen LogP contribution is 2.27. The lowest BCUT2D eigenvalue weighted by Gasteiger charge is -2.18. The highest BCUT2D eigenvalue weighted by molar-refractivity contribution is 6.02. The van der Waals surface area contributed by atoms with Crippen molar-refractivity contribution in [1.82, 2.24) is 4.90 Å². The number of carbonyl (C=O) groups excluding carboxylic acids is 2. The Morgan fingerprint density at radius 2 is 1.96 bits per heavy atom. The Balaban J connectivity index is 1.80. The highest BCUT2D eigenvalue weighted by atomic mass is 16.6. The maximum absolute atomic E-state index is 12.4. The normalized spacial score (nSPS) is 17.5. The number of hydrogen-bond donors (Lipinski definition) is 1. The Kier molecular flexibility index (Phi) is 4.10. The lowest BCUT2D eigenvalue weighted by atomic mass is 10.1. The van der Waals surface area contributed by atoms with Gasteiger partial charge in [0.25, 0.3) is 5.91 Å². The van der Waals surface area contributed by atoms with E-state index in [2.05, 4.69) is 0 Å². The van der Waals surface area contributed by atoms with Crippen molar-refractivity contribution in [2.24, 2.45) is 0 Å². The van der Waals surface area contributed by atoms with E-state index >= 15 is 0 Å². The fourth-order valence-corrected chi connectivity index (χ4v) is 2.50. The Hall–Kier alpha value is -3.08. The first-order chi connectivity index (χ1) is 11.1. The maximum Gasteiger partial charge on any atom is 0.417 e. The molecule has 3 rings (SSSR count). The first-order valence-electron chi connectivity index (χ1n) is 7.23. The van der Waals surface area contributed by atoms with Crippen LogP contribution < -0.4 is 5.73 Å². The molecule has 0 unspecified atom stereocenters. The fourth-order valence-electron chi connectivity index (χ4n) is 2.50. The van der Waals surface area contributed by atoms with Crippen molar-refractivity contribution in [1.29, 1.82) is 0 Å². The molecule has 2 aromatic carbocycles.